The minimum Gasteiger partial charge on any atom is -0.400 e. The van der Waals surface area contributed by atoms with Crippen molar-refractivity contribution in [3.63, 3.8) is 0 Å². The van der Waals surface area contributed by atoms with Crippen molar-refractivity contribution in [3.8, 4) is 6.07 Å². The fraction of sp³-hybridized carbons (Fsp3) is 0.500. The Morgan fingerprint density at radius 3 is 2.44 bits per heavy atom. The monoisotopic (exact) mass is 358 g/mol. The van der Waals surface area contributed by atoms with Crippen molar-refractivity contribution >= 4 is 30.1 Å². The third-order valence-corrected chi connectivity index (χ3v) is 5.44. The second kappa shape index (κ2) is 7.32. The Labute approximate surface area is 153 Å². The van der Waals surface area contributed by atoms with Gasteiger partial charge in [0.1, 0.15) is 11.8 Å². The molecule has 1 aliphatic heterocycles. The average Bonchev–Trinajstić information content (AvgIpc) is 2.71. The minimum absolute atomic E-state index is 0.0385. The summed E-state index contributed by atoms with van der Waals surface area (Å²) in [5, 5.41) is 9.05. The van der Waals surface area contributed by atoms with E-state index in [1.807, 2.05) is 46.8 Å². The van der Waals surface area contributed by atoms with Gasteiger partial charge in [-0.05, 0) is 57.3 Å². The summed E-state index contributed by atoms with van der Waals surface area (Å²) in [5.41, 5.74) is 2.04. The number of pyridine rings is 1. The quantitative estimate of drug-likeness (QED) is 0.767. The summed E-state index contributed by atoms with van der Waals surface area (Å²) in [6.45, 7) is 11.4. The Morgan fingerprint density at radius 1 is 1.36 bits per heavy atom. The number of carbonyl (C=O) groups is 1. The molecule has 2 rings (SSSR count). The van der Waals surface area contributed by atoms with Gasteiger partial charge in [0.15, 0.2) is 5.12 Å². The summed E-state index contributed by atoms with van der Waals surface area (Å²) in [6.07, 6.45) is 3.58. The number of hydrogen-bond acceptors (Lipinski definition) is 6. The molecule has 2 heterocycles. The van der Waals surface area contributed by atoms with E-state index in [0.29, 0.717) is 11.4 Å². The Bertz CT molecular complexity index is 737. The Hall–Kier alpha value is -1.62. The van der Waals surface area contributed by atoms with Crippen molar-refractivity contribution in [2.75, 3.05) is 5.75 Å². The molecule has 0 N–H and O–H groups in total. The highest BCUT2D eigenvalue weighted by atomic mass is 32.2. The standard InChI is InChI=1S/C18H23BN2O3S/c1-12-7-14(10-21-16(12)9-20)8-15(11-25-13(2)22)19-23-17(3,4)18(5,6)24-19/h7-8,10H,11H2,1-6H3. The maximum Gasteiger partial charge on any atom is 0.491 e. The SMILES string of the molecule is CC(=O)SCC(=Cc1cnc(C#N)c(C)c1)B1OC(C)(C)C(C)(C)O1. The molecule has 0 unspecified atom stereocenters. The first-order chi connectivity index (χ1) is 11.6. The molecule has 1 saturated heterocycles. The predicted octanol–water partition coefficient (Wildman–Crippen LogP) is 3.56. The van der Waals surface area contributed by atoms with Crippen LogP contribution in [0.1, 0.15) is 51.4 Å². The number of aromatic nitrogens is 1. The van der Waals surface area contributed by atoms with E-state index in [1.54, 1.807) is 13.1 Å². The van der Waals surface area contributed by atoms with Crippen molar-refractivity contribution in [2.45, 2.75) is 52.7 Å². The molecule has 1 aromatic rings. The van der Waals surface area contributed by atoms with E-state index in [2.05, 4.69) is 11.1 Å². The van der Waals surface area contributed by atoms with Crippen molar-refractivity contribution in [3.05, 3.63) is 34.6 Å². The molecule has 0 atom stereocenters. The molecular weight excluding hydrogens is 335 g/mol. The molecule has 0 saturated carbocycles. The summed E-state index contributed by atoms with van der Waals surface area (Å²) in [7, 11) is -0.521. The summed E-state index contributed by atoms with van der Waals surface area (Å²) in [4.78, 5) is 15.6. The topological polar surface area (TPSA) is 72.2 Å². The van der Waals surface area contributed by atoms with Gasteiger partial charge in [0, 0.05) is 18.9 Å². The first kappa shape index (κ1) is 19.7. The second-order valence-electron chi connectivity index (χ2n) is 7.13. The lowest BCUT2D eigenvalue weighted by atomic mass is 9.78. The van der Waals surface area contributed by atoms with Crippen molar-refractivity contribution in [1.29, 1.82) is 5.26 Å². The largest absolute Gasteiger partial charge is 0.491 e. The van der Waals surface area contributed by atoms with Crippen molar-refractivity contribution in [1.82, 2.24) is 4.98 Å². The molecule has 0 aliphatic carbocycles. The zero-order valence-electron chi connectivity index (χ0n) is 15.5. The maximum atomic E-state index is 11.4. The number of aryl methyl sites for hydroxylation is 1. The van der Waals surface area contributed by atoms with E-state index in [1.165, 1.54) is 11.8 Å². The van der Waals surface area contributed by atoms with E-state index >= 15 is 0 Å². The van der Waals surface area contributed by atoms with Gasteiger partial charge in [0.2, 0.25) is 0 Å². The minimum atomic E-state index is -0.521. The molecule has 0 bridgehead atoms. The fourth-order valence-electron chi connectivity index (χ4n) is 2.36. The van der Waals surface area contributed by atoms with E-state index in [4.69, 9.17) is 14.6 Å². The number of rotatable bonds is 4. The van der Waals surface area contributed by atoms with E-state index in [-0.39, 0.29) is 5.12 Å². The van der Waals surface area contributed by atoms with Crippen LogP contribution in [-0.4, -0.2) is 34.2 Å². The van der Waals surface area contributed by atoms with Crippen LogP contribution >= 0.6 is 11.8 Å². The van der Waals surface area contributed by atoms with Gasteiger partial charge in [-0.3, -0.25) is 4.79 Å². The number of thioether (sulfide) groups is 1. The first-order valence-electron chi connectivity index (χ1n) is 8.12. The van der Waals surface area contributed by atoms with Crippen LogP contribution in [0.15, 0.2) is 17.7 Å². The third kappa shape index (κ3) is 4.52. The smallest absolute Gasteiger partial charge is 0.400 e. The molecule has 1 aliphatic rings. The van der Waals surface area contributed by atoms with Crippen LogP contribution in [0.25, 0.3) is 6.08 Å². The molecule has 0 amide bonds. The van der Waals surface area contributed by atoms with Gasteiger partial charge in [-0.25, -0.2) is 4.98 Å². The van der Waals surface area contributed by atoms with Crippen LogP contribution in [0.2, 0.25) is 0 Å². The molecule has 0 aromatic carbocycles. The highest BCUT2D eigenvalue weighted by molar-refractivity contribution is 8.13. The highest BCUT2D eigenvalue weighted by Gasteiger charge is 2.52. The van der Waals surface area contributed by atoms with Gasteiger partial charge in [0.05, 0.1) is 11.2 Å². The maximum absolute atomic E-state index is 11.4. The normalized spacial score (nSPS) is 18.9. The van der Waals surface area contributed by atoms with Crippen molar-refractivity contribution in [2.24, 2.45) is 0 Å². The number of carbonyl (C=O) groups excluding carboxylic acids is 1. The lowest BCUT2D eigenvalue weighted by Gasteiger charge is -2.32. The molecule has 25 heavy (non-hydrogen) atoms. The van der Waals surface area contributed by atoms with Crippen LogP contribution < -0.4 is 0 Å². The predicted molar refractivity (Wildman–Crippen MR) is 101 cm³/mol. The number of nitriles is 1. The summed E-state index contributed by atoms with van der Waals surface area (Å²) in [6, 6.07) is 3.96. The molecule has 5 nitrogen and oxygen atoms in total. The Balaban J connectivity index is 2.35. The summed E-state index contributed by atoms with van der Waals surface area (Å²) >= 11 is 1.22. The van der Waals surface area contributed by atoms with Gasteiger partial charge in [-0.1, -0.05) is 17.8 Å². The van der Waals surface area contributed by atoms with Gasteiger partial charge in [0.25, 0.3) is 0 Å². The van der Waals surface area contributed by atoms with E-state index < -0.39 is 18.3 Å². The molecule has 1 fully saturated rings. The molecule has 0 spiro atoms. The lowest BCUT2D eigenvalue weighted by Crippen LogP contribution is -2.41. The summed E-state index contributed by atoms with van der Waals surface area (Å²) < 4.78 is 12.2. The van der Waals surface area contributed by atoms with Crippen LogP contribution in [-0.2, 0) is 14.1 Å². The zero-order chi connectivity index (χ0) is 18.8. The molecular formula is C18H23BN2O3S. The number of nitrogens with zero attached hydrogens (tertiary/aromatic N) is 2. The highest BCUT2D eigenvalue weighted by Crippen LogP contribution is 2.39. The summed E-state index contributed by atoms with van der Waals surface area (Å²) in [5.74, 6) is 0.477. The fourth-order valence-corrected chi connectivity index (χ4v) is 2.95. The van der Waals surface area contributed by atoms with Crippen LogP contribution in [0.3, 0.4) is 0 Å². The first-order valence-corrected chi connectivity index (χ1v) is 9.10. The van der Waals surface area contributed by atoms with E-state index in [0.717, 1.165) is 16.6 Å². The van der Waals surface area contributed by atoms with Crippen LogP contribution in [0.4, 0.5) is 0 Å². The molecule has 132 valence electrons. The molecule has 0 radical (unpaired) electrons. The Morgan fingerprint density at radius 2 is 1.96 bits per heavy atom. The van der Waals surface area contributed by atoms with Crippen LogP contribution in [0.5, 0.6) is 0 Å². The van der Waals surface area contributed by atoms with Gasteiger partial charge in [-0.15, -0.1) is 0 Å². The van der Waals surface area contributed by atoms with E-state index in [9.17, 15) is 4.79 Å². The Kier molecular flexibility index (Phi) is 5.77. The lowest BCUT2D eigenvalue weighted by molar-refractivity contribution is -0.109. The van der Waals surface area contributed by atoms with Crippen molar-refractivity contribution < 1.29 is 14.1 Å². The molecule has 1 aromatic heterocycles. The molecule has 7 heteroatoms. The van der Waals surface area contributed by atoms with Gasteiger partial charge < -0.3 is 9.31 Å². The zero-order valence-corrected chi connectivity index (χ0v) is 16.4. The van der Waals surface area contributed by atoms with Gasteiger partial charge in [-0.2, -0.15) is 5.26 Å². The second-order valence-corrected chi connectivity index (χ2v) is 8.29. The average molecular weight is 358 g/mol. The third-order valence-electron chi connectivity index (χ3n) is 4.56. The number of hydrogen-bond donors (Lipinski definition) is 0. The van der Waals surface area contributed by atoms with Gasteiger partial charge >= 0.3 is 7.12 Å². The van der Waals surface area contributed by atoms with Crippen LogP contribution in [0, 0.1) is 18.3 Å².